The summed E-state index contributed by atoms with van der Waals surface area (Å²) in [4.78, 5) is 14.9. The molecule has 106 valence electrons. The molecule has 0 N–H and O–H groups in total. The first kappa shape index (κ1) is 14.3. The topological polar surface area (TPSA) is 38.1 Å². The lowest BCUT2D eigenvalue weighted by Crippen LogP contribution is -2.49. The van der Waals surface area contributed by atoms with Crippen LogP contribution >= 0.6 is 0 Å². The van der Waals surface area contributed by atoms with Crippen LogP contribution in [-0.4, -0.2) is 39.1 Å². The van der Waals surface area contributed by atoms with Crippen molar-refractivity contribution in [1.82, 2.24) is 14.7 Å². The summed E-state index contributed by atoms with van der Waals surface area (Å²) < 4.78 is 1.84. The van der Waals surface area contributed by atoms with Crippen molar-refractivity contribution in [3.8, 4) is 0 Å². The van der Waals surface area contributed by atoms with Gasteiger partial charge in [-0.25, -0.2) is 0 Å². The summed E-state index contributed by atoms with van der Waals surface area (Å²) in [5.74, 6) is 0.292. The minimum absolute atomic E-state index is 0.292. The van der Waals surface area contributed by atoms with Gasteiger partial charge in [0.25, 0.3) is 0 Å². The van der Waals surface area contributed by atoms with E-state index in [0.717, 1.165) is 30.9 Å². The smallest absolute Gasteiger partial charge is 0.158 e. The van der Waals surface area contributed by atoms with Crippen LogP contribution in [0.25, 0.3) is 0 Å². The van der Waals surface area contributed by atoms with Gasteiger partial charge in [0.1, 0.15) is 0 Å². The van der Waals surface area contributed by atoms with Crippen molar-refractivity contribution < 1.29 is 4.79 Å². The van der Waals surface area contributed by atoms with Crippen LogP contribution in [0.1, 0.15) is 45.0 Å². The molecule has 4 nitrogen and oxygen atoms in total. The predicted molar refractivity (Wildman–Crippen MR) is 76.2 cm³/mol. The van der Waals surface area contributed by atoms with E-state index in [1.165, 1.54) is 12.8 Å². The molecule has 1 fully saturated rings. The fourth-order valence-electron chi connectivity index (χ4n) is 2.74. The van der Waals surface area contributed by atoms with E-state index < -0.39 is 0 Å². The Balaban J connectivity index is 2.09. The van der Waals surface area contributed by atoms with Gasteiger partial charge in [-0.2, -0.15) is 5.10 Å². The number of nitrogens with zero attached hydrogens (tertiary/aromatic N) is 3. The quantitative estimate of drug-likeness (QED) is 0.815. The molecule has 19 heavy (non-hydrogen) atoms. The molecule has 2 heterocycles. The number of hydrogen-bond acceptors (Lipinski definition) is 3. The lowest BCUT2D eigenvalue weighted by Gasteiger charge is -2.33. The molecule has 0 aliphatic carbocycles. The molecule has 0 spiro atoms. The second-order valence-corrected chi connectivity index (χ2v) is 5.96. The Kier molecular flexibility index (Phi) is 4.09. The van der Waals surface area contributed by atoms with Gasteiger partial charge >= 0.3 is 0 Å². The number of ketones is 1. The van der Waals surface area contributed by atoms with Gasteiger partial charge in [-0.3, -0.25) is 14.4 Å². The first-order valence-electron chi connectivity index (χ1n) is 7.25. The maximum absolute atomic E-state index is 12.6. The Morgan fingerprint density at radius 3 is 2.53 bits per heavy atom. The summed E-state index contributed by atoms with van der Waals surface area (Å²) in [5, 5.41) is 4.41. The van der Waals surface area contributed by atoms with Crippen LogP contribution in [0.3, 0.4) is 0 Å². The fourth-order valence-corrected chi connectivity index (χ4v) is 2.74. The second-order valence-electron chi connectivity index (χ2n) is 5.96. The average molecular weight is 263 g/mol. The Morgan fingerprint density at radius 2 is 2.00 bits per heavy atom. The molecule has 0 aromatic carbocycles. The summed E-state index contributed by atoms with van der Waals surface area (Å²) in [6.07, 6.45) is 3.81. The Labute approximate surface area is 115 Å². The normalized spacial score (nSPS) is 17.1. The Morgan fingerprint density at radius 1 is 1.37 bits per heavy atom. The van der Waals surface area contributed by atoms with Crippen LogP contribution in [0, 0.1) is 0 Å². The van der Waals surface area contributed by atoms with Crippen LogP contribution < -0.4 is 0 Å². The first-order chi connectivity index (χ1) is 8.95. The van der Waals surface area contributed by atoms with E-state index in [0.29, 0.717) is 12.2 Å². The van der Waals surface area contributed by atoms with Gasteiger partial charge in [0, 0.05) is 12.7 Å². The molecule has 1 aromatic rings. The van der Waals surface area contributed by atoms with Crippen molar-refractivity contribution in [2.45, 2.75) is 52.0 Å². The van der Waals surface area contributed by atoms with Crippen LogP contribution in [0.15, 0.2) is 6.07 Å². The average Bonchev–Trinajstić information content (AvgIpc) is 2.99. The van der Waals surface area contributed by atoms with Gasteiger partial charge in [-0.15, -0.1) is 0 Å². The van der Waals surface area contributed by atoms with Gasteiger partial charge < -0.3 is 0 Å². The van der Waals surface area contributed by atoms with Crippen LogP contribution in [0.2, 0.25) is 0 Å². The maximum Gasteiger partial charge on any atom is 0.158 e. The van der Waals surface area contributed by atoms with E-state index in [4.69, 9.17) is 0 Å². The van der Waals surface area contributed by atoms with Gasteiger partial charge in [0.15, 0.2) is 5.78 Å². The number of hydrogen-bond donors (Lipinski definition) is 0. The Hall–Kier alpha value is -1.16. The fraction of sp³-hybridized carbons (Fsp3) is 0.733. The molecule has 0 atom stereocenters. The van der Waals surface area contributed by atoms with Gasteiger partial charge in [-0.1, -0.05) is 6.92 Å². The SMILES string of the molecule is CCc1cc(CC(=O)C(C)(C)N2CCCC2)n(C)n1. The molecule has 0 bridgehead atoms. The molecule has 0 unspecified atom stereocenters. The molecule has 1 aromatic heterocycles. The maximum atomic E-state index is 12.6. The molecule has 4 heteroatoms. The number of aryl methyl sites for hydroxylation is 2. The van der Waals surface area contributed by atoms with Crippen molar-refractivity contribution in [2.24, 2.45) is 7.05 Å². The van der Waals surface area contributed by atoms with Gasteiger partial charge in [0.05, 0.1) is 17.7 Å². The number of carbonyl (C=O) groups excluding carboxylic acids is 1. The van der Waals surface area contributed by atoms with Crippen LogP contribution in [0.4, 0.5) is 0 Å². The van der Waals surface area contributed by atoms with Crippen LogP contribution in [-0.2, 0) is 24.7 Å². The van der Waals surface area contributed by atoms with E-state index in [9.17, 15) is 4.79 Å². The predicted octanol–water partition coefficient (Wildman–Crippen LogP) is 1.97. The standard InChI is InChI=1S/C15H25N3O/c1-5-12-10-13(17(4)16-12)11-14(19)15(2,3)18-8-6-7-9-18/h10H,5-9,11H2,1-4H3. The number of carbonyl (C=O) groups is 1. The third-order valence-electron chi connectivity index (χ3n) is 4.31. The highest BCUT2D eigenvalue weighted by Gasteiger charge is 2.35. The third kappa shape index (κ3) is 2.89. The number of aromatic nitrogens is 2. The summed E-state index contributed by atoms with van der Waals surface area (Å²) >= 11 is 0. The number of Topliss-reactive ketones (excluding diaryl/α,β-unsaturated/α-hetero) is 1. The van der Waals surface area contributed by atoms with E-state index in [1.807, 2.05) is 11.7 Å². The van der Waals surface area contributed by atoms with E-state index >= 15 is 0 Å². The monoisotopic (exact) mass is 263 g/mol. The molecule has 1 saturated heterocycles. The number of likely N-dealkylation sites (tertiary alicyclic amines) is 1. The summed E-state index contributed by atoms with van der Waals surface area (Å²) in [6, 6.07) is 2.05. The molecule has 2 rings (SSSR count). The van der Waals surface area contributed by atoms with Gasteiger partial charge in [-0.05, 0) is 52.3 Å². The zero-order valence-corrected chi connectivity index (χ0v) is 12.6. The lowest BCUT2D eigenvalue weighted by atomic mass is 9.93. The zero-order valence-electron chi connectivity index (χ0n) is 12.6. The molecule has 1 aliphatic rings. The molecule has 0 saturated carbocycles. The van der Waals surface area contributed by atoms with Crippen LogP contribution in [0.5, 0.6) is 0 Å². The van der Waals surface area contributed by atoms with Crippen molar-refractivity contribution in [2.75, 3.05) is 13.1 Å². The van der Waals surface area contributed by atoms with Crippen molar-refractivity contribution in [1.29, 1.82) is 0 Å². The second kappa shape index (κ2) is 5.45. The van der Waals surface area contributed by atoms with Gasteiger partial charge in [0.2, 0.25) is 0 Å². The van der Waals surface area contributed by atoms with E-state index in [1.54, 1.807) is 0 Å². The molecule has 1 aliphatic heterocycles. The largest absolute Gasteiger partial charge is 0.297 e. The molecular weight excluding hydrogens is 238 g/mol. The molecule has 0 amide bonds. The minimum atomic E-state index is -0.354. The number of rotatable bonds is 5. The van der Waals surface area contributed by atoms with Crippen molar-refractivity contribution in [3.05, 3.63) is 17.5 Å². The van der Waals surface area contributed by atoms with Crippen molar-refractivity contribution in [3.63, 3.8) is 0 Å². The Bertz CT molecular complexity index is 456. The highest BCUT2D eigenvalue weighted by molar-refractivity contribution is 5.89. The lowest BCUT2D eigenvalue weighted by molar-refractivity contribution is -0.128. The summed E-state index contributed by atoms with van der Waals surface area (Å²) in [5.41, 5.74) is 1.73. The highest BCUT2D eigenvalue weighted by atomic mass is 16.1. The summed E-state index contributed by atoms with van der Waals surface area (Å²) in [6.45, 7) is 8.28. The molecule has 0 radical (unpaired) electrons. The highest BCUT2D eigenvalue weighted by Crippen LogP contribution is 2.23. The first-order valence-corrected chi connectivity index (χ1v) is 7.25. The third-order valence-corrected chi connectivity index (χ3v) is 4.31. The van der Waals surface area contributed by atoms with E-state index in [-0.39, 0.29) is 5.54 Å². The molecular formula is C15H25N3O. The minimum Gasteiger partial charge on any atom is -0.297 e. The van der Waals surface area contributed by atoms with Crippen molar-refractivity contribution >= 4 is 5.78 Å². The zero-order chi connectivity index (χ0) is 14.0. The summed E-state index contributed by atoms with van der Waals surface area (Å²) in [7, 11) is 1.92. The van der Waals surface area contributed by atoms with E-state index in [2.05, 4.69) is 36.8 Å².